The van der Waals surface area contributed by atoms with Crippen molar-refractivity contribution in [1.29, 1.82) is 0 Å². The van der Waals surface area contributed by atoms with Gasteiger partial charge in [0.15, 0.2) is 0 Å². The molecule has 3 aliphatic rings. The number of rotatable bonds is 9. The van der Waals surface area contributed by atoms with Gasteiger partial charge in [0, 0.05) is 32.0 Å². The molecule has 0 bridgehead atoms. The summed E-state index contributed by atoms with van der Waals surface area (Å²) in [5.41, 5.74) is 7.68. The number of fused-ring (bicyclic) bond motifs is 2. The van der Waals surface area contributed by atoms with Crippen molar-refractivity contribution in [2.24, 2.45) is 10.9 Å². The summed E-state index contributed by atoms with van der Waals surface area (Å²) in [6, 6.07) is 19.9. The largest absolute Gasteiger partial charge is 0.469 e. The molecule has 4 atom stereocenters. The zero-order valence-electron chi connectivity index (χ0n) is 26.7. The monoisotopic (exact) mass is 619 g/mol. The second-order valence-corrected chi connectivity index (χ2v) is 12.7. The second-order valence-electron chi connectivity index (χ2n) is 12.7. The summed E-state index contributed by atoms with van der Waals surface area (Å²) < 4.78 is 10.3. The van der Waals surface area contributed by atoms with Gasteiger partial charge in [0.1, 0.15) is 5.82 Å². The minimum absolute atomic E-state index is 0.000812. The van der Waals surface area contributed by atoms with E-state index < -0.39 is 18.0 Å². The van der Waals surface area contributed by atoms with E-state index in [1.807, 2.05) is 18.0 Å². The third-order valence-electron chi connectivity index (χ3n) is 9.98. The molecular formula is C37H41N5O4. The number of likely N-dealkylation sites (tertiary alicyclic amines) is 1. The van der Waals surface area contributed by atoms with E-state index in [2.05, 4.69) is 64.9 Å². The van der Waals surface area contributed by atoms with Crippen LogP contribution < -0.4 is 5.32 Å². The Balaban J connectivity index is 1.05. The molecule has 0 saturated carbocycles. The van der Waals surface area contributed by atoms with Gasteiger partial charge in [-0.2, -0.15) is 0 Å². The van der Waals surface area contributed by atoms with Gasteiger partial charge >= 0.3 is 5.97 Å². The third kappa shape index (κ3) is 5.85. The summed E-state index contributed by atoms with van der Waals surface area (Å²) >= 11 is 0. The van der Waals surface area contributed by atoms with E-state index in [4.69, 9.17) is 19.5 Å². The molecule has 2 saturated heterocycles. The number of benzene rings is 3. The number of hydrogen-bond acceptors (Lipinski definition) is 7. The first-order valence-corrected chi connectivity index (χ1v) is 16.3. The highest BCUT2D eigenvalue weighted by molar-refractivity contribution is 6.04. The molecule has 0 unspecified atom stereocenters. The highest BCUT2D eigenvalue weighted by Crippen LogP contribution is 2.34. The van der Waals surface area contributed by atoms with Gasteiger partial charge < -0.3 is 24.7 Å². The van der Waals surface area contributed by atoms with Crippen LogP contribution in [-0.2, 0) is 19.1 Å². The van der Waals surface area contributed by atoms with E-state index >= 15 is 0 Å². The van der Waals surface area contributed by atoms with Crippen molar-refractivity contribution in [3.63, 3.8) is 0 Å². The summed E-state index contributed by atoms with van der Waals surface area (Å²) in [5, 5.41) is 5.88. The van der Waals surface area contributed by atoms with Crippen LogP contribution in [-0.4, -0.2) is 71.9 Å². The number of nitrogens with zero attached hydrogens (tertiary/aromatic N) is 3. The lowest BCUT2D eigenvalue weighted by Gasteiger charge is -2.31. The highest BCUT2D eigenvalue weighted by Gasteiger charge is 2.39. The van der Waals surface area contributed by atoms with Crippen molar-refractivity contribution in [2.75, 3.05) is 27.3 Å². The van der Waals surface area contributed by atoms with Gasteiger partial charge in [-0.1, -0.05) is 30.3 Å². The van der Waals surface area contributed by atoms with E-state index in [-0.39, 0.29) is 18.4 Å². The van der Waals surface area contributed by atoms with Gasteiger partial charge in [0.25, 0.3) is 0 Å². The van der Waals surface area contributed by atoms with Crippen molar-refractivity contribution in [1.82, 2.24) is 20.2 Å². The smallest absolute Gasteiger partial charge is 0.306 e. The van der Waals surface area contributed by atoms with Crippen LogP contribution in [0.15, 0.2) is 65.8 Å². The van der Waals surface area contributed by atoms with Crippen LogP contribution in [0.4, 0.5) is 0 Å². The van der Waals surface area contributed by atoms with Gasteiger partial charge in [0.05, 0.1) is 48.7 Å². The molecule has 238 valence electrons. The van der Waals surface area contributed by atoms with Crippen LogP contribution in [0.5, 0.6) is 0 Å². The second kappa shape index (κ2) is 12.8. The maximum atomic E-state index is 13.7. The number of aliphatic imine (C=N–C) groups is 1. The average Bonchev–Trinajstić information content (AvgIpc) is 3.91. The molecule has 0 aliphatic carbocycles. The summed E-state index contributed by atoms with van der Waals surface area (Å²) in [6.07, 6.45) is 6.32. The molecule has 2 N–H and O–H groups in total. The van der Waals surface area contributed by atoms with Gasteiger partial charge in [-0.15, -0.1) is 0 Å². The Kier molecular flexibility index (Phi) is 8.44. The third-order valence-corrected chi connectivity index (χ3v) is 9.98. The van der Waals surface area contributed by atoms with Crippen molar-refractivity contribution in [3.8, 4) is 11.1 Å². The van der Waals surface area contributed by atoms with Crippen LogP contribution >= 0.6 is 0 Å². The molecule has 3 aromatic carbocycles. The van der Waals surface area contributed by atoms with Gasteiger partial charge in [-0.05, 0) is 96.5 Å². The summed E-state index contributed by atoms with van der Waals surface area (Å²) in [6.45, 7) is 3.52. The normalized spacial score (nSPS) is 21.1. The Morgan fingerprint density at radius 2 is 1.74 bits per heavy atom. The molecule has 46 heavy (non-hydrogen) atoms. The van der Waals surface area contributed by atoms with Crippen LogP contribution in [0.1, 0.15) is 62.9 Å². The van der Waals surface area contributed by atoms with Gasteiger partial charge in [0.2, 0.25) is 5.91 Å². The molecule has 2 fully saturated rings. The van der Waals surface area contributed by atoms with Gasteiger partial charge in [-0.25, -0.2) is 4.98 Å². The lowest BCUT2D eigenvalue weighted by Crippen LogP contribution is -2.46. The predicted molar refractivity (Wildman–Crippen MR) is 180 cm³/mol. The molecule has 0 spiro atoms. The number of allylic oxidation sites excluding steroid dienone is 1. The molecule has 1 amide bonds. The van der Waals surface area contributed by atoms with Crippen LogP contribution in [0.25, 0.3) is 38.5 Å². The number of nitrogens with one attached hydrogen (secondary N) is 2. The fraction of sp³-hybridized carbons (Fsp3) is 0.405. The number of amides is 1. The Morgan fingerprint density at radius 3 is 2.50 bits per heavy atom. The quantitative estimate of drug-likeness (QED) is 0.216. The Labute approximate surface area is 269 Å². The topological polar surface area (TPSA) is 109 Å². The number of aromatic amines is 1. The zero-order valence-corrected chi connectivity index (χ0v) is 26.7. The van der Waals surface area contributed by atoms with Crippen LogP contribution in [0, 0.1) is 5.92 Å². The highest BCUT2D eigenvalue weighted by atomic mass is 16.5. The Bertz CT molecular complexity index is 1850. The summed E-state index contributed by atoms with van der Waals surface area (Å²) in [5.74, 6) is -0.0445. The number of imidazole rings is 1. The minimum atomic E-state index is -0.592. The number of ether oxygens (including phenoxy) is 2. The molecule has 3 aliphatic heterocycles. The van der Waals surface area contributed by atoms with Gasteiger partial charge in [-0.3, -0.25) is 14.6 Å². The Morgan fingerprint density at radius 1 is 0.978 bits per heavy atom. The predicted octanol–water partition coefficient (Wildman–Crippen LogP) is 6.20. The van der Waals surface area contributed by atoms with Crippen molar-refractivity contribution in [2.45, 2.75) is 63.6 Å². The maximum Gasteiger partial charge on any atom is 0.306 e. The van der Waals surface area contributed by atoms with Crippen molar-refractivity contribution >= 4 is 45.0 Å². The number of aromatic nitrogens is 2. The van der Waals surface area contributed by atoms with E-state index in [0.29, 0.717) is 19.0 Å². The minimum Gasteiger partial charge on any atom is -0.469 e. The molecule has 9 heteroatoms. The van der Waals surface area contributed by atoms with E-state index in [1.165, 1.54) is 29.9 Å². The lowest BCUT2D eigenvalue weighted by molar-refractivity contribution is -0.150. The Hall–Kier alpha value is -4.34. The van der Waals surface area contributed by atoms with Crippen molar-refractivity contribution in [3.05, 3.63) is 72.2 Å². The molecule has 4 heterocycles. The lowest BCUT2D eigenvalue weighted by atomic mass is 9.94. The first-order chi connectivity index (χ1) is 22.4. The standard InChI is InChI=1S/C37H41N5O4/c1-22(45-2)29(20-35(43)46-3)37(44)42-15-5-7-34(42)33-19-28(21-39-33)26-11-10-23-16-25(9-8-24(23)17-26)27-12-13-30-32(18-27)41-36(40-30)31-6-4-14-38-31/h8-13,16-18,21-22,29,31,34,38H,4-7,14-15,19-20H2,1-3H3,(H,40,41)/t22-,29+,31+,34+/m1/s1. The molecule has 1 aromatic heterocycles. The number of methoxy groups -OCH3 is 2. The summed E-state index contributed by atoms with van der Waals surface area (Å²) in [4.78, 5) is 40.8. The molecule has 4 aromatic rings. The van der Waals surface area contributed by atoms with E-state index in [9.17, 15) is 9.59 Å². The fourth-order valence-electron chi connectivity index (χ4n) is 7.22. The number of esters is 1. The maximum absolute atomic E-state index is 13.7. The first-order valence-electron chi connectivity index (χ1n) is 16.3. The van der Waals surface area contributed by atoms with E-state index in [0.717, 1.165) is 65.1 Å². The zero-order chi connectivity index (χ0) is 31.8. The number of hydrogen-bond donors (Lipinski definition) is 2. The number of carbonyl (C=O) groups excluding carboxylic acids is 2. The van der Waals surface area contributed by atoms with Crippen LogP contribution in [0.2, 0.25) is 0 Å². The van der Waals surface area contributed by atoms with E-state index in [1.54, 1.807) is 7.11 Å². The van der Waals surface area contributed by atoms with Crippen LogP contribution in [0.3, 0.4) is 0 Å². The summed E-state index contributed by atoms with van der Waals surface area (Å²) in [7, 11) is 2.91. The SMILES string of the molecule is COC(=O)C[C@H](C(=O)N1CCC[C@H]1C1=NC=C(c2ccc3cc(-c4ccc5nc([C@@H]6CCCN6)[nH]c5c4)ccc3c2)C1)[C@@H](C)OC. The molecule has 7 rings (SSSR count). The average molecular weight is 620 g/mol. The fourth-order valence-corrected chi connectivity index (χ4v) is 7.22. The number of carbonyl (C=O) groups is 2. The molecule has 0 radical (unpaired) electrons. The van der Waals surface area contributed by atoms with Crippen molar-refractivity contribution < 1.29 is 19.1 Å². The first kappa shape index (κ1) is 30.3. The molecular weight excluding hydrogens is 578 g/mol. The number of H-pyrrole nitrogens is 1. The molecule has 9 nitrogen and oxygen atoms in total.